The van der Waals surface area contributed by atoms with Gasteiger partial charge < -0.3 is 5.32 Å². The maximum atomic E-state index is 11.7. The van der Waals surface area contributed by atoms with Gasteiger partial charge >= 0.3 is 0 Å². The first kappa shape index (κ1) is 16.1. The van der Waals surface area contributed by atoms with Crippen molar-refractivity contribution in [3.63, 3.8) is 0 Å². The van der Waals surface area contributed by atoms with Crippen LogP contribution in [-0.4, -0.2) is 14.3 Å². The maximum Gasteiger partial charge on any atom is 0.238 e. The fourth-order valence-corrected chi connectivity index (χ4v) is 3.02. The van der Waals surface area contributed by atoms with Crippen LogP contribution < -0.4 is 10.5 Å². The predicted octanol–water partition coefficient (Wildman–Crippen LogP) is 2.39. The van der Waals surface area contributed by atoms with Crippen LogP contribution in [0.2, 0.25) is 0 Å². The Hall–Kier alpha value is -0.920. The number of primary sulfonamides is 1. The topological polar surface area (TPSA) is 89.3 Å². The highest BCUT2D eigenvalue weighted by atomic mass is 79.9. The first-order chi connectivity index (χ1) is 8.61. The van der Waals surface area contributed by atoms with Crippen LogP contribution in [0, 0.1) is 12.8 Å². The summed E-state index contributed by atoms with van der Waals surface area (Å²) in [5.41, 5.74) is 1.03. The van der Waals surface area contributed by atoms with Crippen molar-refractivity contribution in [1.29, 1.82) is 0 Å². The molecular weight excluding hydrogens is 332 g/mol. The molecule has 0 aliphatic rings. The number of nitrogens with one attached hydrogen (secondary N) is 1. The molecule has 0 aromatic heterocycles. The second-order valence-electron chi connectivity index (χ2n) is 4.79. The number of sulfonamides is 1. The number of nitrogens with two attached hydrogens (primary N) is 1. The number of carbonyl (C=O) groups excluding carboxylic acids is 1. The lowest BCUT2D eigenvalue weighted by Gasteiger charge is -2.12. The fraction of sp³-hybridized carbons (Fsp3) is 0.417. The summed E-state index contributed by atoms with van der Waals surface area (Å²) < 4.78 is 23.2. The Bertz CT molecular complexity index is 597. The van der Waals surface area contributed by atoms with Gasteiger partial charge in [0.1, 0.15) is 0 Å². The van der Waals surface area contributed by atoms with Crippen LogP contribution in [0.4, 0.5) is 5.69 Å². The zero-order valence-corrected chi connectivity index (χ0v) is 13.4. The standard InChI is InChI=1S/C12H17BrN2O3S/c1-7(2)4-12(16)15-10-5-8(3)11(6-9(10)13)19(14,17)18/h5-7H,4H2,1-3H3,(H,15,16)(H2,14,17,18). The van der Waals surface area contributed by atoms with Crippen molar-refractivity contribution in [2.45, 2.75) is 32.1 Å². The molecule has 0 bridgehead atoms. The zero-order valence-electron chi connectivity index (χ0n) is 11.0. The van der Waals surface area contributed by atoms with E-state index in [1.54, 1.807) is 13.0 Å². The van der Waals surface area contributed by atoms with E-state index in [1.807, 2.05) is 13.8 Å². The van der Waals surface area contributed by atoms with Gasteiger partial charge in [0.15, 0.2) is 0 Å². The molecule has 0 saturated heterocycles. The predicted molar refractivity (Wildman–Crippen MR) is 78.3 cm³/mol. The molecule has 1 aromatic carbocycles. The molecule has 0 spiro atoms. The first-order valence-corrected chi connectivity index (χ1v) is 8.08. The molecule has 1 amide bonds. The van der Waals surface area contributed by atoms with E-state index in [0.29, 0.717) is 22.1 Å². The second kappa shape index (κ2) is 6.02. The molecule has 1 aromatic rings. The van der Waals surface area contributed by atoms with Crippen molar-refractivity contribution in [1.82, 2.24) is 0 Å². The van der Waals surface area contributed by atoms with E-state index in [9.17, 15) is 13.2 Å². The summed E-state index contributed by atoms with van der Waals surface area (Å²) in [7, 11) is -3.76. The number of rotatable bonds is 4. The number of aryl methyl sites for hydroxylation is 1. The minimum Gasteiger partial charge on any atom is -0.325 e. The summed E-state index contributed by atoms with van der Waals surface area (Å²) >= 11 is 3.23. The number of carbonyl (C=O) groups is 1. The van der Waals surface area contributed by atoms with Crippen LogP contribution in [0.5, 0.6) is 0 Å². The molecule has 0 aliphatic carbocycles. The highest BCUT2D eigenvalue weighted by Gasteiger charge is 2.15. The van der Waals surface area contributed by atoms with E-state index in [-0.39, 0.29) is 16.7 Å². The lowest BCUT2D eigenvalue weighted by atomic mass is 10.1. The SMILES string of the molecule is Cc1cc(NC(=O)CC(C)C)c(Br)cc1S(N)(=O)=O. The summed E-state index contributed by atoms with van der Waals surface area (Å²) in [6.45, 7) is 5.53. The molecule has 0 radical (unpaired) electrons. The number of benzene rings is 1. The lowest BCUT2D eigenvalue weighted by molar-refractivity contribution is -0.116. The van der Waals surface area contributed by atoms with Crippen LogP contribution in [-0.2, 0) is 14.8 Å². The third-order valence-corrected chi connectivity index (χ3v) is 4.15. The quantitative estimate of drug-likeness (QED) is 0.875. The molecule has 0 heterocycles. The number of anilines is 1. The molecular formula is C12H17BrN2O3S. The second-order valence-corrected chi connectivity index (χ2v) is 7.17. The van der Waals surface area contributed by atoms with E-state index in [2.05, 4.69) is 21.2 Å². The minimum absolute atomic E-state index is 0.0428. The number of halogens is 1. The number of hydrogen-bond acceptors (Lipinski definition) is 3. The van der Waals surface area contributed by atoms with E-state index >= 15 is 0 Å². The largest absolute Gasteiger partial charge is 0.325 e. The highest BCUT2D eigenvalue weighted by Crippen LogP contribution is 2.28. The molecule has 1 rings (SSSR count). The maximum absolute atomic E-state index is 11.7. The van der Waals surface area contributed by atoms with Gasteiger partial charge in [0.05, 0.1) is 10.6 Å². The average Bonchev–Trinajstić information content (AvgIpc) is 2.19. The van der Waals surface area contributed by atoms with Gasteiger partial charge in [-0.25, -0.2) is 13.6 Å². The Labute approximate surface area is 121 Å². The molecule has 0 saturated carbocycles. The number of hydrogen-bond donors (Lipinski definition) is 2. The monoisotopic (exact) mass is 348 g/mol. The molecule has 0 fully saturated rings. The van der Waals surface area contributed by atoms with Crippen molar-refractivity contribution in [3.05, 3.63) is 22.2 Å². The Morgan fingerprint density at radius 2 is 2.00 bits per heavy atom. The molecule has 19 heavy (non-hydrogen) atoms. The Kier molecular flexibility index (Phi) is 5.11. The summed E-state index contributed by atoms with van der Waals surface area (Å²) in [5.74, 6) is 0.141. The van der Waals surface area contributed by atoms with Gasteiger partial charge in [0.25, 0.3) is 0 Å². The van der Waals surface area contributed by atoms with Gasteiger partial charge in [-0.05, 0) is 46.5 Å². The van der Waals surface area contributed by atoms with Crippen molar-refractivity contribution in [2.75, 3.05) is 5.32 Å². The highest BCUT2D eigenvalue weighted by molar-refractivity contribution is 9.10. The summed E-state index contributed by atoms with van der Waals surface area (Å²) in [6, 6.07) is 2.98. The van der Waals surface area contributed by atoms with Crippen molar-refractivity contribution in [3.8, 4) is 0 Å². The van der Waals surface area contributed by atoms with Gasteiger partial charge in [0.2, 0.25) is 15.9 Å². The fourth-order valence-electron chi connectivity index (χ4n) is 1.64. The Morgan fingerprint density at radius 1 is 1.42 bits per heavy atom. The molecule has 7 heteroatoms. The van der Waals surface area contributed by atoms with Crippen LogP contribution in [0.1, 0.15) is 25.8 Å². The van der Waals surface area contributed by atoms with Crippen molar-refractivity contribution in [2.24, 2.45) is 11.1 Å². The number of amides is 1. The van der Waals surface area contributed by atoms with Crippen LogP contribution >= 0.6 is 15.9 Å². The molecule has 0 unspecified atom stereocenters. The summed E-state index contributed by atoms with van der Waals surface area (Å²) in [4.78, 5) is 11.7. The third-order valence-electron chi connectivity index (χ3n) is 2.44. The molecule has 3 N–H and O–H groups in total. The van der Waals surface area contributed by atoms with Crippen LogP contribution in [0.3, 0.4) is 0 Å². The molecule has 106 valence electrons. The van der Waals surface area contributed by atoms with Gasteiger partial charge in [-0.3, -0.25) is 4.79 Å². The summed E-state index contributed by atoms with van der Waals surface area (Å²) in [5, 5.41) is 7.85. The normalized spacial score (nSPS) is 11.7. The van der Waals surface area contributed by atoms with Gasteiger partial charge in [0, 0.05) is 10.9 Å². The third kappa shape index (κ3) is 4.59. The Balaban J connectivity index is 3.07. The van der Waals surface area contributed by atoms with E-state index in [4.69, 9.17) is 5.14 Å². The van der Waals surface area contributed by atoms with Gasteiger partial charge in [-0.1, -0.05) is 13.8 Å². The van der Waals surface area contributed by atoms with Crippen molar-refractivity contribution >= 4 is 37.5 Å². The minimum atomic E-state index is -3.76. The zero-order chi connectivity index (χ0) is 14.8. The average molecular weight is 349 g/mol. The Morgan fingerprint density at radius 3 is 2.47 bits per heavy atom. The molecule has 0 atom stereocenters. The smallest absolute Gasteiger partial charge is 0.238 e. The van der Waals surface area contributed by atoms with E-state index in [0.717, 1.165) is 0 Å². The van der Waals surface area contributed by atoms with E-state index < -0.39 is 10.0 Å². The van der Waals surface area contributed by atoms with Gasteiger partial charge in [-0.15, -0.1) is 0 Å². The molecule has 5 nitrogen and oxygen atoms in total. The lowest BCUT2D eigenvalue weighted by Crippen LogP contribution is -2.16. The summed E-state index contributed by atoms with van der Waals surface area (Å²) in [6.07, 6.45) is 0.405. The molecule has 0 aliphatic heterocycles. The van der Waals surface area contributed by atoms with Crippen LogP contribution in [0.25, 0.3) is 0 Å². The van der Waals surface area contributed by atoms with Crippen molar-refractivity contribution < 1.29 is 13.2 Å². The first-order valence-electron chi connectivity index (χ1n) is 5.74. The van der Waals surface area contributed by atoms with E-state index in [1.165, 1.54) is 6.07 Å². The van der Waals surface area contributed by atoms with Gasteiger partial charge in [-0.2, -0.15) is 0 Å². The van der Waals surface area contributed by atoms with Crippen LogP contribution in [0.15, 0.2) is 21.5 Å².